The zero-order valence-corrected chi connectivity index (χ0v) is 12.1. The molecule has 1 aromatic carbocycles. The van der Waals surface area contributed by atoms with Gasteiger partial charge in [0.15, 0.2) is 0 Å². The zero-order valence-electron chi connectivity index (χ0n) is 12.1. The van der Waals surface area contributed by atoms with E-state index in [0.29, 0.717) is 0 Å². The minimum absolute atomic E-state index is 0.122. The number of hydrogen-bond donors (Lipinski definition) is 2. The van der Waals surface area contributed by atoms with Gasteiger partial charge < -0.3 is 15.2 Å². The molecule has 0 aliphatic heterocycles. The summed E-state index contributed by atoms with van der Waals surface area (Å²) in [5.74, 6) is 1.70. The van der Waals surface area contributed by atoms with Crippen LogP contribution in [-0.2, 0) is 0 Å². The van der Waals surface area contributed by atoms with E-state index in [-0.39, 0.29) is 17.6 Å². The maximum atomic E-state index is 9.84. The second-order valence-electron chi connectivity index (χ2n) is 5.98. The van der Waals surface area contributed by atoms with Crippen molar-refractivity contribution in [3.8, 4) is 5.75 Å². The molecule has 1 fully saturated rings. The van der Waals surface area contributed by atoms with Crippen LogP contribution in [0, 0.1) is 5.41 Å². The number of methoxy groups -OCH3 is 1. The molecule has 1 heterocycles. The normalized spacial score (nSPS) is 24.2. The number of aliphatic hydroxyl groups is 1. The van der Waals surface area contributed by atoms with Gasteiger partial charge in [-0.1, -0.05) is 26.0 Å². The van der Waals surface area contributed by atoms with Crippen molar-refractivity contribution in [2.75, 3.05) is 12.4 Å². The Morgan fingerprint density at radius 2 is 2.10 bits per heavy atom. The van der Waals surface area contributed by atoms with Crippen molar-refractivity contribution in [3.05, 3.63) is 30.5 Å². The number of anilines is 1. The quantitative estimate of drug-likeness (QED) is 0.902. The molecule has 2 N–H and O–H groups in total. The number of rotatable bonds is 3. The van der Waals surface area contributed by atoms with E-state index < -0.39 is 0 Å². The number of aromatic nitrogens is 1. The van der Waals surface area contributed by atoms with Crippen LogP contribution in [0.5, 0.6) is 5.75 Å². The summed E-state index contributed by atoms with van der Waals surface area (Å²) in [6, 6.07) is 8.15. The number of hydrogen-bond acceptors (Lipinski definition) is 4. The highest BCUT2D eigenvalue weighted by Gasteiger charge is 2.47. The van der Waals surface area contributed by atoms with Gasteiger partial charge in [-0.25, -0.2) is 4.98 Å². The highest BCUT2D eigenvalue weighted by Crippen LogP contribution is 2.42. The predicted molar refractivity (Wildman–Crippen MR) is 80.1 cm³/mol. The molecule has 0 spiro atoms. The highest BCUT2D eigenvalue weighted by molar-refractivity contribution is 5.95. The van der Waals surface area contributed by atoms with Gasteiger partial charge in [0.2, 0.25) is 0 Å². The van der Waals surface area contributed by atoms with Crippen LogP contribution in [0.1, 0.15) is 20.3 Å². The van der Waals surface area contributed by atoms with E-state index in [1.165, 1.54) is 0 Å². The molecule has 2 aromatic rings. The monoisotopic (exact) mass is 272 g/mol. The summed E-state index contributed by atoms with van der Waals surface area (Å²) >= 11 is 0. The van der Waals surface area contributed by atoms with Crippen LogP contribution in [0.25, 0.3) is 10.8 Å². The molecule has 0 saturated heterocycles. The molecular weight excluding hydrogens is 252 g/mol. The third kappa shape index (κ3) is 1.91. The first-order chi connectivity index (χ1) is 9.54. The fourth-order valence-electron chi connectivity index (χ4n) is 2.78. The van der Waals surface area contributed by atoms with Gasteiger partial charge in [-0.2, -0.15) is 0 Å². The fraction of sp³-hybridized carbons (Fsp3) is 0.438. The van der Waals surface area contributed by atoms with Gasteiger partial charge >= 0.3 is 0 Å². The molecule has 0 radical (unpaired) electrons. The number of ether oxygens (including phenoxy) is 1. The Morgan fingerprint density at radius 3 is 2.75 bits per heavy atom. The molecule has 106 valence electrons. The Labute approximate surface area is 118 Å². The van der Waals surface area contributed by atoms with E-state index in [9.17, 15) is 5.11 Å². The number of benzene rings is 1. The molecule has 0 amide bonds. The largest absolute Gasteiger partial charge is 0.496 e. The first-order valence-electron chi connectivity index (χ1n) is 6.90. The first-order valence-corrected chi connectivity index (χ1v) is 6.90. The number of nitrogens with one attached hydrogen (secondary N) is 1. The second kappa shape index (κ2) is 4.63. The molecule has 20 heavy (non-hydrogen) atoms. The number of aliphatic hydroxyl groups excluding tert-OH is 1. The summed E-state index contributed by atoms with van der Waals surface area (Å²) in [5.41, 5.74) is -0.122. The van der Waals surface area contributed by atoms with Crippen molar-refractivity contribution in [1.29, 1.82) is 0 Å². The van der Waals surface area contributed by atoms with Gasteiger partial charge in [0, 0.05) is 28.4 Å². The van der Waals surface area contributed by atoms with Gasteiger partial charge in [-0.05, 0) is 18.6 Å². The van der Waals surface area contributed by atoms with Crippen molar-refractivity contribution in [2.24, 2.45) is 5.41 Å². The molecule has 1 aliphatic carbocycles. The Morgan fingerprint density at radius 1 is 1.30 bits per heavy atom. The Kier molecular flexibility index (Phi) is 3.05. The average molecular weight is 272 g/mol. The van der Waals surface area contributed by atoms with Crippen molar-refractivity contribution >= 4 is 16.6 Å². The summed E-state index contributed by atoms with van der Waals surface area (Å²) in [6.45, 7) is 4.15. The molecular formula is C16H20N2O2. The molecule has 2 unspecified atom stereocenters. The lowest BCUT2D eigenvalue weighted by Gasteiger charge is -2.49. The molecule has 1 saturated carbocycles. The van der Waals surface area contributed by atoms with Crippen molar-refractivity contribution < 1.29 is 9.84 Å². The maximum absolute atomic E-state index is 9.84. The van der Waals surface area contributed by atoms with E-state index in [1.807, 2.05) is 24.3 Å². The lowest BCUT2D eigenvalue weighted by molar-refractivity contribution is -0.0511. The minimum Gasteiger partial charge on any atom is -0.496 e. The number of nitrogens with zero attached hydrogens (tertiary/aromatic N) is 1. The van der Waals surface area contributed by atoms with Gasteiger partial charge in [-0.3, -0.25) is 0 Å². The number of fused-ring (bicyclic) bond motifs is 1. The van der Waals surface area contributed by atoms with E-state index in [0.717, 1.165) is 28.8 Å². The SMILES string of the molecule is COc1cccc2c(NC3CC(O)C3(C)C)nccc12. The van der Waals surface area contributed by atoms with E-state index >= 15 is 0 Å². The van der Waals surface area contributed by atoms with Crippen LogP contribution in [0.2, 0.25) is 0 Å². The van der Waals surface area contributed by atoms with Gasteiger partial charge in [0.05, 0.1) is 13.2 Å². The van der Waals surface area contributed by atoms with Crippen LogP contribution in [-0.4, -0.2) is 29.3 Å². The van der Waals surface area contributed by atoms with E-state index in [1.54, 1.807) is 13.3 Å². The molecule has 3 rings (SSSR count). The highest BCUT2D eigenvalue weighted by atomic mass is 16.5. The summed E-state index contributed by atoms with van der Waals surface area (Å²) in [6.07, 6.45) is 2.30. The van der Waals surface area contributed by atoms with Crippen molar-refractivity contribution in [2.45, 2.75) is 32.4 Å². The fourth-order valence-corrected chi connectivity index (χ4v) is 2.78. The predicted octanol–water partition coefficient (Wildman–Crippen LogP) is 2.81. The topological polar surface area (TPSA) is 54.4 Å². The molecule has 2 atom stereocenters. The molecule has 1 aromatic heterocycles. The van der Waals surface area contributed by atoms with Crippen LogP contribution in [0.4, 0.5) is 5.82 Å². The summed E-state index contributed by atoms with van der Waals surface area (Å²) in [5, 5.41) is 15.4. The van der Waals surface area contributed by atoms with Crippen LogP contribution < -0.4 is 10.1 Å². The summed E-state index contributed by atoms with van der Waals surface area (Å²) in [7, 11) is 1.67. The third-order valence-electron chi connectivity index (χ3n) is 4.51. The smallest absolute Gasteiger partial charge is 0.134 e. The molecule has 0 bridgehead atoms. The molecule has 1 aliphatic rings. The second-order valence-corrected chi connectivity index (χ2v) is 5.98. The van der Waals surface area contributed by atoms with Gasteiger partial charge in [-0.15, -0.1) is 0 Å². The van der Waals surface area contributed by atoms with Gasteiger partial charge in [0.25, 0.3) is 0 Å². The van der Waals surface area contributed by atoms with Crippen LogP contribution in [0.3, 0.4) is 0 Å². The van der Waals surface area contributed by atoms with Crippen molar-refractivity contribution in [1.82, 2.24) is 4.98 Å². The summed E-state index contributed by atoms with van der Waals surface area (Å²) < 4.78 is 5.39. The maximum Gasteiger partial charge on any atom is 0.134 e. The number of pyridine rings is 1. The first kappa shape index (κ1) is 13.2. The van der Waals surface area contributed by atoms with Crippen LogP contribution >= 0.6 is 0 Å². The van der Waals surface area contributed by atoms with E-state index in [2.05, 4.69) is 24.1 Å². The Hall–Kier alpha value is -1.81. The van der Waals surface area contributed by atoms with Crippen LogP contribution in [0.15, 0.2) is 30.5 Å². The van der Waals surface area contributed by atoms with E-state index in [4.69, 9.17) is 4.74 Å². The van der Waals surface area contributed by atoms with Crippen molar-refractivity contribution in [3.63, 3.8) is 0 Å². The minimum atomic E-state index is -0.246. The third-order valence-corrected chi connectivity index (χ3v) is 4.51. The van der Waals surface area contributed by atoms with Gasteiger partial charge in [0.1, 0.15) is 11.6 Å². The molecule has 4 heteroatoms. The lowest BCUT2D eigenvalue weighted by atomic mass is 9.64. The molecule has 4 nitrogen and oxygen atoms in total. The Balaban J connectivity index is 1.97. The Bertz CT molecular complexity index is 639. The summed E-state index contributed by atoms with van der Waals surface area (Å²) in [4.78, 5) is 4.45. The average Bonchev–Trinajstić information content (AvgIpc) is 2.46. The lowest BCUT2D eigenvalue weighted by Crippen LogP contribution is -2.57. The zero-order chi connectivity index (χ0) is 14.3. The standard InChI is InChI=1S/C16H20N2O2/c1-16(2)13(9-14(16)19)18-15-11-5-4-6-12(20-3)10(11)7-8-17-15/h4-8,13-14,19H,9H2,1-3H3,(H,17,18).